The van der Waals surface area contributed by atoms with Crippen LogP contribution in [0.15, 0.2) is 42.5 Å². The van der Waals surface area contributed by atoms with Gasteiger partial charge in [-0.3, -0.25) is 9.59 Å². The van der Waals surface area contributed by atoms with Crippen molar-refractivity contribution in [1.82, 2.24) is 5.32 Å². The monoisotopic (exact) mass is 393 g/mol. The third-order valence-electron chi connectivity index (χ3n) is 4.28. The Balaban J connectivity index is 1.56. The van der Waals surface area contributed by atoms with Crippen molar-refractivity contribution in [2.45, 2.75) is 12.6 Å². The molecule has 1 aliphatic rings. The van der Waals surface area contributed by atoms with E-state index >= 15 is 0 Å². The summed E-state index contributed by atoms with van der Waals surface area (Å²) in [5.74, 6) is -0.138. The summed E-state index contributed by atoms with van der Waals surface area (Å²) < 4.78 is 43.4. The number of halogens is 3. The maximum atomic E-state index is 12.7. The van der Waals surface area contributed by atoms with E-state index in [0.717, 1.165) is 18.2 Å². The van der Waals surface area contributed by atoms with Crippen molar-refractivity contribution in [2.24, 2.45) is 0 Å². The predicted molar refractivity (Wildman–Crippen MR) is 97.1 cm³/mol. The highest BCUT2D eigenvalue weighted by Crippen LogP contribution is 2.32. The summed E-state index contributed by atoms with van der Waals surface area (Å²) in [6.45, 7) is 0.541. The molecule has 0 unspecified atom stereocenters. The number of hydrogen-bond acceptors (Lipinski definition) is 4. The van der Waals surface area contributed by atoms with Crippen LogP contribution >= 0.6 is 0 Å². The number of rotatable bonds is 5. The zero-order chi connectivity index (χ0) is 20.3. The number of benzene rings is 2. The first-order valence-electron chi connectivity index (χ1n) is 8.54. The van der Waals surface area contributed by atoms with E-state index in [4.69, 9.17) is 10.5 Å². The summed E-state index contributed by atoms with van der Waals surface area (Å²) in [6, 6.07) is 9.74. The van der Waals surface area contributed by atoms with Gasteiger partial charge in [-0.15, -0.1) is 0 Å². The number of carbonyl (C=O) groups is 2. The largest absolute Gasteiger partial charge is 0.482 e. The van der Waals surface area contributed by atoms with Crippen LogP contribution in [-0.4, -0.2) is 31.5 Å². The molecule has 0 atom stereocenters. The van der Waals surface area contributed by atoms with Crippen LogP contribution in [-0.2, 0) is 11.0 Å². The summed E-state index contributed by atoms with van der Waals surface area (Å²) in [6.07, 6.45) is -4.07. The Bertz CT molecular complexity index is 899. The van der Waals surface area contributed by atoms with Gasteiger partial charge in [0.1, 0.15) is 5.75 Å². The molecular formula is C19H18F3N3O3. The molecule has 3 rings (SSSR count). The lowest BCUT2D eigenvalue weighted by atomic mass is 10.1. The standard InChI is InChI=1S/C19H18F3N3O3/c20-19(21,22)12-6-7-13(14(23)10-12)18(27)24-8-3-9-25-15-4-1-2-5-16(15)28-11-17(25)26/h1-2,4-7,10H,3,8-9,11,23H2,(H,24,27). The third-order valence-corrected chi connectivity index (χ3v) is 4.28. The minimum absolute atomic E-state index is 0.0270. The lowest BCUT2D eigenvalue weighted by molar-refractivity contribution is -0.137. The Morgan fingerprint density at radius 3 is 2.68 bits per heavy atom. The van der Waals surface area contributed by atoms with Crippen molar-refractivity contribution in [1.29, 1.82) is 0 Å². The molecule has 2 amide bonds. The van der Waals surface area contributed by atoms with Gasteiger partial charge in [-0.05, 0) is 36.8 Å². The second-order valence-electron chi connectivity index (χ2n) is 6.21. The molecule has 0 aliphatic carbocycles. The first kappa shape index (κ1) is 19.5. The quantitative estimate of drug-likeness (QED) is 0.604. The van der Waals surface area contributed by atoms with E-state index < -0.39 is 17.6 Å². The number of carbonyl (C=O) groups excluding carboxylic acids is 2. The fourth-order valence-electron chi connectivity index (χ4n) is 2.88. The molecule has 3 N–H and O–H groups in total. The van der Waals surface area contributed by atoms with Crippen molar-refractivity contribution >= 4 is 23.2 Å². The number of nitrogen functional groups attached to an aromatic ring is 1. The van der Waals surface area contributed by atoms with Gasteiger partial charge in [0, 0.05) is 18.8 Å². The number of para-hydroxylation sites is 2. The van der Waals surface area contributed by atoms with E-state index in [1.807, 2.05) is 6.07 Å². The van der Waals surface area contributed by atoms with E-state index in [9.17, 15) is 22.8 Å². The molecule has 148 valence electrons. The van der Waals surface area contributed by atoms with Gasteiger partial charge < -0.3 is 20.7 Å². The Hall–Kier alpha value is -3.23. The van der Waals surface area contributed by atoms with E-state index in [1.54, 1.807) is 23.1 Å². The second-order valence-corrected chi connectivity index (χ2v) is 6.21. The van der Waals surface area contributed by atoms with E-state index in [2.05, 4.69) is 5.32 Å². The first-order valence-corrected chi connectivity index (χ1v) is 8.54. The minimum atomic E-state index is -4.52. The summed E-state index contributed by atoms with van der Waals surface area (Å²) in [5.41, 5.74) is 5.06. The topological polar surface area (TPSA) is 84.7 Å². The van der Waals surface area contributed by atoms with Crippen LogP contribution in [0.2, 0.25) is 0 Å². The number of nitrogens with zero attached hydrogens (tertiary/aromatic N) is 1. The molecule has 2 aromatic rings. The van der Waals surface area contributed by atoms with Gasteiger partial charge in [0.2, 0.25) is 0 Å². The van der Waals surface area contributed by atoms with Gasteiger partial charge in [-0.1, -0.05) is 12.1 Å². The molecule has 1 heterocycles. The van der Waals surface area contributed by atoms with Gasteiger partial charge in [-0.25, -0.2) is 0 Å². The Kier molecular flexibility index (Phi) is 5.43. The summed E-state index contributed by atoms with van der Waals surface area (Å²) in [5, 5.41) is 2.61. The molecule has 0 aromatic heterocycles. The molecule has 0 radical (unpaired) electrons. The van der Waals surface area contributed by atoms with Crippen LogP contribution in [0, 0.1) is 0 Å². The number of nitrogens with one attached hydrogen (secondary N) is 1. The van der Waals surface area contributed by atoms with Gasteiger partial charge >= 0.3 is 6.18 Å². The van der Waals surface area contributed by atoms with Gasteiger partial charge in [0.05, 0.1) is 16.8 Å². The van der Waals surface area contributed by atoms with Crippen LogP contribution in [0.1, 0.15) is 22.3 Å². The number of nitrogens with two attached hydrogens (primary N) is 1. The van der Waals surface area contributed by atoms with Gasteiger partial charge in [0.25, 0.3) is 11.8 Å². The van der Waals surface area contributed by atoms with Crippen LogP contribution < -0.4 is 20.7 Å². The van der Waals surface area contributed by atoms with E-state index in [1.165, 1.54) is 0 Å². The van der Waals surface area contributed by atoms with Gasteiger partial charge in [0.15, 0.2) is 6.61 Å². The smallest absolute Gasteiger partial charge is 0.416 e. The molecule has 0 saturated carbocycles. The molecule has 0 bridgehead atoms. The number of fused-ring (bicyclic) bond motifs is 1. The Labute approximate surface area is 159 Å². The number of ether oxygens (including phenoxy) is 1. The zero-order valence-electron chi connectivity index (χ0n) is 14.8. The van der Waals surface area contributed by atoms with Crippen molar-refractivity contribution in [3.63, 3.8) is 0 Å². The highest BCUT2D eigenvalue weighted by Gasteiger charge is 2.31. The number of anilines is 2. The maximum absolute atomic E-state index is 12.7. The Morgan fingerprint density at radius 2 is 1.96 bits per heavy atom. The zero-order valence-corrected chi connectivity index (χ0v) is 14.8. The molecular weight excluding hydrogens is 375 g/mol. The van der Waals surface area contributed by atoms with Crippen LogP contribution in [0.3, 0.4) is 0 Å². The molecule has 2 aromatic carbocycles. The number of hydrogen-bond donors (Lipinski definition) is 2. The summed E-state index contributed by atoms with van der Waals surface area (Å²) in [4.78, 5) is 25.8. The fraction of sp³-hybridized carbons (Fsp3) is 0.263. The molecule has 28 heavy (non-hydrogen) atoms. The maximum Gasteiger partial charge on any atom is 0.416 e. The lowest BCUT2D eigenvalue weighted by Gasteiger charge is -2.29. The summed E-state index contributed by atoms with van der Waals surface area (Å²) in [7, 11) is 0. The molecule has 0 fully saturated rings. The lowest BCUT2D eigenvalue weighted by Crippen LogP contribution is -2.40. The Morgan fingerprint density at radius 1 is 1.21 bits per heavy atom. The average Bonchev–Trinajstić information content (AvgIpc) is 2.65. The number of amides is 2. The number of alkyl halides is 3. The van der Waals surface area contributed by atoms with Crippen LogP contribution in [0.4, 0.5) is 24.5 Å². The van der Waals surface area contributed by atoms with E-state index in [0.29, 0.717) is 24.4 Å². The average molecular weight is 393 g/mol. The van der Waals surface area contributed by atoms with Crippen molar-refractivity contribution in [2.75, 3.05) is 30.3 Å². The molecule has 9 heteroatoms. The first-order chi connectivity index (χ1) is 13.3. The van der Waals surface area contributed by atoms with Gasteiger partial charge in [-0.2, -0.15) is 13.2 Å². The fourth-order valence-corrected chi connectivity index (χ4v) is 2.88. The minimum Gasteiger partial charge on any atom is -0.482 e. The summed E-state index contributed by atoms with van der Waals surface area (Å²) >= 11 is 0. The van der Waals surface area contributed by atoms with Crippen molar-refractivity contribution < 1.29 is 27.5 Å². The SMILES string of the molecule is Nc1cc(C(F)(F)F)ccc1C(=O)NCCCN1C(=O)COc2ccccc21. The van der Waals surface area contributed by atoms with Crippen molar-refractivity contribution in [3.8, 4) is 5.75 Å². The van der Waals surface area contributed by atoms with Crippen molar-refractivity contribution in [3.05, 3.63) is 53.6 Å². The van der Waals surface area contributed by atoms with Crippen LogP contribution in [0.25, 0.3) is 0 Å². The molecule has 0 saturated heterocycles. The molecule has 0 spiro atoms. The third kappa shape index (κ3) is 4.19. The van der Waals surface area contributed by atoms with E-state index in [-0.39, 0.29) is 30.3 Å². The second kappa shape index (κ2) is 7.79. The normalized spacial score (nSPS) is 13.7. The highest BCUT2D eigenvalue weighted by molar-refractivity contribution is 5.99. The molecule has 6 nitrogen and oxygen atoms in total. The van der Waals surface area contributed by atoms with Crippen LogP contribution in [0.5, 0.6) is 5.75 Å². The molecule has 1 aliphatic heterocycles. The highest BCUT2D eigenvalue weighted by atomic mass is 19.4. The predicted octanol–water partition coefficient (Wildman–Crippen LogP) is 2.83.